The van der Waals surface area contributed by atoms with Gasteiger partial charge in [0.05, 0.1) is 18.3 Å². The number of nitrogens with two attached hydrogens (primary N) is 1. The number of aromatic nitrogens is 3. The fourth-order valence-electron chi connectivity index (χ4n) is 3.39. The number of para-hydroxylation sites is 1. The normalized spacial score (nSPS) is 11.6. The highest BCUT2D eigenvalue weighted by atomic mass is 19.1. The van der Waals surface area contributed by atoms with E-state index in [-0.39, 0.29) is 42.4 Å². The van der Waals surface area contributed by atoms with Gasteiger partial charge in [-0.2, -0.15) is 4.98 Å². The number of pyridine rings is 1. The highest BCUT2D eigenvalue weighted by Gasteiger charge is 2.21. The molecule has 13 heteroatoms. The zero-order chi connectivity index (χ0) is 26.2. The number of ether oxygens (including phenoxy) is 3. The molecular formula is C24H23FN8O4. The summed E-state index contributed by atoms with van der Waals surface area (Å²) in [5.41, 5.74) is 1.08. The summed E-state index contributed by atoms with van der Waals surface area (Å²) < 4.78 is 32.2. The molecule has 0 saturated heterocycles. The summed E-state index contributed by atoms with van der Waals surface area (Å²) in [5, 5.41) is 9.73. The van der Waals surface area contributed by atoms with E-state index in [1.807, 2.05) is 18.2 Å². The molecule has 0 fully saturated rings. The Morgan fingerprint density at radius 3 is 2.65 bits per heavy atom. The van der Waals surface area contributed by atoms with Crippen LogP contribution in [0.5, 0.6) is 17.5 Å². The molecule has 0 unspecified atom stereocenters. The maximum absolute atomic E-state index is 14.2. The van der Waals surface area contributed by atoms with Crippen LogP contribution in [0.4, 0.5) is 10.2 Å². The van der Waals surface area contributed by atoms with E-state index in [0.717, 1.165) is 0 Å². The first-order valence-electron chi connectivity index (χ1n) is 10.9. The molecule has 2 aromatic carbocycles. The van der Waals surface area contributed by atoms with Gasteiger partial charge in [-0.3, -0.25) is 9.79 Å². The number of anilines is 1. The van der Waals surface area contributed by atoms with Crippen LogP contribution in [-0.2, 0) is 11.4 Å². The first kappa shape index (κ1) is 25.0. The van der Waals surface area contributed by atoms with E-state index >= 15 is 0 Å². The molecule has 1 amide bonds. The Balaban J connectivity index is 1.53. The molecule has 0 radical (unpaired) electrons. The van der Waals surface area contributed by atoms with E-state index in [0.29, 0.717) is 22.8 Å². The average Bonchev–Trinajstić information content (AvgIpc) is 3.27. The van der Waals surface area contributed by atoms with Crippen LogP contribution in [0.25, 0.3) is 11.0 Å². The van der Waals surface area contributed by atoms with Crippen LogP contribution in [-0.4, -0.2) is 47.2 Å². The van der Waals surface area contributed by atoms with Gasteiger partial charge in [-0.25, -0.2) is 13.9 Å². The molecular weight excluding hydrogens is 483 g/mol. The second-order valence-electron chi connectivity index (χ2n) is 7.40. The molecule has 37 heavy (non-hydrogen) atoms. The van der Waals surface area contributed by atoms with Crippen molar-refractivity contribution in [2.24, 2.45) is 21.2 Å². The van der Waals surface area contributed by atoms with E-state index in [2.05, 4.69) is 30.6 Å². The van der Waals surface area contributed by atoms with Crippen molar-refractivity contribution in [2.45, 2.75) is 6.61 Å². The molecule has 0 atom stereocenters. The fourth-order valence-corrected chi connectivity index (χ4v) is 3.39. The number of aliphatic imine (C=N–C) groups is 1. The van der Waals surface area contributed by atoms with Crippen molar-refractivity contribution in [3.63, 3.8) is 0 Å². The number of carbonyl (C=O) groups excluding carboxylic acids is 1. The summed E-state index contributed by atoms with van der Waals surface area (Å²) in [5.74, 6) is 5.39. The van der Waals surface area contributed by atoms with Crippen LogP contribution < -0.4 is 25.4 Å². The molecule has 0 aliphatic carbocycles. The van der Waals surface area contributed by atoms with Crippen molar-refractivity contribution in [3.05, 3.63) is 72.2 Å². The van der Waals surface area contributed by atoms with Crippen LogP contribution in [0.15, 0.2) is 76.0 Å². The molecule has 0 bridgehead atoms. The first-order valence-corrected chi connectivity index (χ1v) is 10.9. The van der Waals surface area contributed by atoms with Gasteiger partial charge in [-0.1, -0.05) is 34.6 Å². The monoisotopic (exact) mass is 506 g/mol. The summed E-state index contributed by atoms with van der Waals surface area (Å²) in [7, 11) is 2.86. The quantitative estimate of drug-likeness (QED) is 0.122. The van der Waals surface area contributed by atoms with E-state index < -0.39 is 5.82 Å². The van der Waals surface area contributed by atoms with Crippen molar-refractivity contribution in [2.75, 3.05) is 26.1 Å². The highest BCUT2D eigenvalue weighted by molar-refractivity contribution is 5.96. The summed E-state index contributed by atoms with van der Waals surface area (Å²) in [6, 6.07) is 16.5. The van der Waals surface area contributed by atoms with Gasteiger partial charge in [0.15, 0.2) is 6.61 Å². The molecule has 2 heterocycles. The van der Waals surface area contributed by atoms with Crippen LogP contribution in [0.3, 0.4) is 0 Å². The van der Waals surface area contributed by atoms with Crippen molar-refractivity contribution in [1.29, 1.82) is 0 Å². The number of carbonyl (C=O) groups is 1. The Kier molecular flexibility index (Phi) is 7.83. The zero-order valence-corrected chi connectivity index (χ0v) is 20.0. The number of nitrogens with zero attached hydrogens (tertiary/aromatic N) is 6. The molecule has 12 nitrogen and oxygen atoms in total. The lowest BCUT2D eigenvalue weighted by Crippen LogP contribution is -2.21. The molecule has 190 valence electrons. The number of halogens is 1. The number of imidazole rings is 1. The van der Waals surface area contributed by atoms with Crippen molar-refractivity contribution >= 4 is 28.7 Å². The second kappa shape index (κ2) is 11.6. The highest BCUT2D eigenvalue weighted by Crippen LogP contribution is 2.31. The number of hydrogen-bond acceptors (Lipinski definition) is 8. The third-order valence-corrected chi connectivity index (χ3v) is 4.96. The lowest BCUT2D eigenvalue weighted by molar-refractivity contribution is -0.118. The van der Waals surface area contributed by atoms with Gasteiger partial charge in [-0.15, -0.1) is 0 Å². The van der Waals surface area contributed by atoms with Gasteiger partial charge < -0.3 is 25.4 Å². The van der Waals surface area contributed by atoms with E-state index in [1.165, 1.54) is 30.9 Å². The van der Waals surface area contributed by atoms with Gasteiger partial charge in [0.25, 0.3) is 11.9 Å². The maximum Gasteiger partial charge on any atom is 0.305 e. The summed E-state index contributed by atoms with van der Waals surface area (Å²) in [4.78, 5) is 25.1. The van der Waals surface area contributed by atoms with Crippen molar-refractivity contribution in [1.82, 2.24) is 14.5 Å². The van der Waals surface area contributed by atoms with Crippen LogP contribution in [0, 0.1) is 5.82 Å². The van der Waals surface area contributed by atoms with Crippen LogP contribution in [0.1, 0.15) is 5.69 Å². The summed E-state index contributed by atoms with van der Waals surface area (Å²) in [6.45, 7) is -0.223. The molecule has 4 rings (SSSR count). The first-order chi connectivity index (χ1) is 18.0. The number of methoxy groups -OCH3 is 1. The predicted octanol–water partition coefficient (Wildman–Crippen LogP) is 3.34. The maximum atomic E-state index is 14.2. The van der Waals surface area contributed by atoms with Crippen molar-refractivity contribution < 1.29 is 23.4 Å². The van der Waals surface area contributed by atoms with E-state index in [9.17, 15) is 9.18 Å². The van der Waals surface area contributed by atoms with Gasteiger partial charge >= 0.3 is 6.01 Å². The minimum atomic E-state index is -0.557. The number of benzene rings is 2. The Bertz CT molecular complexity index is 1460. The zero-order valence-electron chi connectivity index (χ0n) is 20.0. The predicted molar refractivity (Wildman–Crippen MR) is 133 cm³/mol. The van der Waals surface area contributed by atoms with Crippen LogP contribution in [0.2, 0.25) is 0 Å². The lowest BCUT2D eigenvalue weighted by atomic mass is 10.3. The molecule has 4 aromatic rings. The Morgan fingerprint density at radius 1 is 1.11 bits per heavy atom. The van der Waals surface area contributed by atoms with E-state index in [1.54, 1.807) is 30.3 Å². The molecule has 0 spiro atoms. The minimum absolute atomic E-state index is 0.0139. The second-order valence-corrected chi connectivity index (χ2v) is 7.40. The molecule has 0 aliphatic rings. The topological polar surface area (TPSA) is 151 Å². The standard InChI is InChI=1S/C24H23FN8O4/c1-27-23(31-32-26)33-18-11-15(25)12-19(35-2)22(18)30-24(33)37-13-16-7-6-10-20(28-16)29-21(34)14-36-17-8-4-3-5-9-17/h3-12H,13-14H2,1-2H3,(H2,26,27,31)(H,28,29,34). The van der Waals surface area contributed by atoms with Crippen LogP contribution >= 0.6 is 0 Å². The SMILES string of the molecule is CN=C(/N=N\N)n1c(OCc2cccc(NC(=O)COc3ccccc3)n2)nc2c(OC)cc(F)cc21. The number of amides is 1. The third-order valence-electron chi connectivity index (χ3n) is 4.96. The molecule has 2 aromatic heterocycles. The molecule has 0 saturated carbocycles. The number of rotatable bonds is 8. The lowest BCUT2D eigenvalue weighted by Gasteiger charge is -2.10. The Morgan fingerprint density at radius 2 is 1.92 bits per heavy atom. The van der Waals surface area contributed by atoms with Gasteiger partial charge in [0.2, 0.25) is 0 Å². The largest absolute Gasteiger partial charge is 0.494 e. The number of nitrogens with one attached hydrogen (secondary N) is 1. The smallest absolute Gasteiger partial charge is 0.305 e. The van der Waals surface area contributed by atoms with Crippen molar-refractivity contribution in [3.8, 4) is 17.5 Å². The van der Waals surface area contributed by atoms with E-state index in [4.69, 9.17) is 20.1 Å². The van der Waals surface area contributed by atoms with Gasteiger partial charge in [0.1, 0.15) is 35.3 Å². The Hall–Kier alpha value is -5.07. The third kappa shape index (κ3) is 5.96. The minimum Gasteiger partial charge on any atom is -0.494 e. The number of fused-ring (bicyclic) bond motifs is 1. The number of hydrogen-bond donors (Lipinski definition) is 2. The van der Waals surface area contributed by atoms with Gasteiger partial charge in [0, 0.05) is 19.2 Å². The summed E-state index contributed by atoms with van der Waals surface area (Å²) >= 11 is 0. The van der Waals surface area contributed by atoms with Gasteiger partial charge in [-0.05, 0) is 24.3 Å². The molecule has 3 N–H and O–H groups in total. The summed E-state index contributed by atoms with van der Waals surface area (Å²) in [6.07, 6.45) is 0. The molecule has 0 aliphatic heterocycles. The average molecular weight is 506 g/mol. The fraction of sp³-hybridized carbons (Fsp3) is 0.167. The Labute approximate surface area is 210 Å².